The monoisotopic (exact) mass is 462 g/mol. The molecule has 3 aromatic carbocycles. The first-order chi connectivity index (χ1) is 16.4. The molecule has 174 valence electrons. The van der Waals surface area contributed by atoms with Gasteiger partial charge in [-0.1, -0.05) is 42.5 Å². The SMILES string of the molecule is Cc1cccc(N(Cc2ccccc2)C(=O)COC(=O)c2cc3c(cc2[N+](=O)[O-])OCCO3)c1. The van der Waals surface area contributed by atoms with Crippen molar-refractivity contribution in [3.63, 3.8) is 0 Å². The Bertz CT molecular complexity index is 1230. The number of aryl methyl sites for hydroxylation is 1. The average molecular weight is 462 g/mol. The molecule has 0 N–H and O–H groups in total. The maximum atomic E-state index is 13.1. The molecule has 0 unspecified atom stereocenters. The molecule has 1 aliphatic heterocycles. The lowest BCUT2D eigenvalue weighted by atomic mass is 10.1. The molecule has 0 radical (unpaired) electrons. The molecule has 3 aromatic rings. The highest BCUT2D eigenvalue weighted by Gasteiger charge is 2.28. The van der Waals surface area contributed by atoms with E-state index in [2.05, 4.69) is 0 Å². The van der Waals surface area contributed by atoms with E-state index >= 15 is 0 Å². The fourth-order valence-corrected chi connectivity index (χ4v) is 3.56. The molecule has 34 heavy (non-hydrogen) atoms. The van der Waals surface area contributed by atoms with E-state index in [1.165, 1.54) is 11.0 Å². The van der Waals surface area contributed by atoms with Crippen LogP contribution in [-0.2, 0) is 16.1 Å². The molecule has 4 rings (SSSR count). The second kappa shape index (κ2) is 10.0. The number of nitrogens with zero attached hydrogens (tertiary/aromatic N) is 2. The molecule has 1 aliphatic rings. The minimum atomic E-state index is -0.999. The number of nitro groups is 1. The van der Waals surface area contributed by atoms with Crippen molar-refractivity contribution in [2.24, 2.45) is 0 Å². The fourth-order valence-electron chi connectivity index (χ4n) is 3.56. The fraction of sp³-hybridized carbons (Fsp3) is 0.200. The highest BCUT2D eigenvalue weighted by Crippen LogP contribution is 2.37. The van der Waals surface area contributed by atoms with Crippen LogP contribution in [0.25, 0.3) is 0 Å². The summed E-state index contributed by atoms with van der Waals surface area (Å²) in [5, 5.41) is 11.5. The summed E-state index contributed by atoms with van der Waals surface area (Å²) in [5.41, 5.74) is 1.71. The number of amides is 1. The van der Waals surface area contributed by atoms with Gasteiger partial charge in [-0.3, -0.25) is 14.9 Å². The van der Waals surface area contributed by atoms with Crippen molar-refractivity contribution in [1.82, 2.24) is 0 Å². The molecule has 9 nitrogen and oxygen atoms in total. The Labute approximate surface area is 195 Å². The smallest absolute Gasteiger partial charge is 0.345 e. The van der Waals surface area contributed by atoms with Gasteiger partial charge in [0.1, 0.15) is 18.8 Å². The minimum absolute atomic E-state index is 0.180. The van der Waals surface area contributed by atoms with Gasteiger partial charge in [-0.15, -0.1) is 0 Å². The third-order valence-corrected chi connectivity index (χ3v) is 5.20. The van der Waals surface area contributed by atoms with E-state index in [-0.39, 0.29) is 36.8 Å². The van der Waals surface area contributed by atoms with Crippen LogP contribution in [-0.4, -0.2) is 36.6 Å². The zero-order chi connectivity index (χ0) is 24.1. The number of carbonyl (C=O) groups excluding carboxylic acids is 2. The first-order valence-electron chi connectivity index (χ1n) is 10.6. The highest BCUT2D eigenvalue weighted by atomic mass is 16.6. The molecule has 0 saturated carbocycles. The highest BCUT2D eigenvalue weighted by molar-refractivity contribution is 5.99. The maximum Gasteiger partial charge on any atom is 0.345 e. The summed E-state index contributed by atoms with van der Waals surface area (Å²) in [4.78, 5) is 38.2. The molecule has 1 amide bonds. The van der Waals surface area contributed by atoms with Crippen LogP contribution in [0.5, 0.6) is 11.5 Å². The first-order valence-corrected chi connectivity index (χ1v) is 10.6. The molecule has 0 saturated heterocycles. The number of esters is 1. The number of rotatable bonds is 7. The van der Waals surface area contributed by atoms with Crippen molar-refractivity contribution in [2.75, 3.05) is 24.7 Å². The summed E-state index contributed by atoms with van der Waals surface area (Å²) in [6.07, 6.45) is 0. The Morgan fingerprint density at radius 3 is 2.38 bits per heavy atom. The van der Waals surface area contributed by atoms with Gasteiger partial charge in [-0.05, 0) is 30.2 Å². The zero-order valence-corrected chi connectivity index (χ0v) is 18.4. The molecular weight excluding hydrogens is 440 g/mol. The van der Waals surface area contributed by atoms with E-state index in [0.29, 0.717) is 5.69 Å². The van der Waals surface area contributed by atoms with E-state index in [1.54, 1.807) is 6.07 Å². The van der Waals surface area contributed by atoms with Gasteiger partial charge in [0, 0.05) is 11.8 Å². The van der Waals surface area contributed by atoms with E-state index < -0.39 is 29.1 Å². The first kappa shape index (κ1) is 22.8. The van der Waals surface area contributed by atoms with Gasteiger partial charge in [0.05, 0.1) is 17.5 Å². The molecule has 0 aliphatic carbocycles. The van der Waals surface area contributed by atoms with Gasteiger partial charge in [0.2, 0.25) is 0 Å². The minimum Gasteiger partial charge on any atom is -0.486 e. The third-order valence-electron chi connectivity index (χ3n) is 5.20. The van der Waals surface area contributed by atoms with E-state index in [0.717, 1.165) is 17.2 Å². The van der Waals surface area contributed by atoms with Crippen molar-refractivity contribution in [2.45, 2.75) is 13.5 Å². The quantitative estimate of drug-likeness (QED) is 0.296. The lowest BCUT2D eigenvalue weighted by Crippen LogP contribution is -2.34. The van der Waals surface area contributed by atoms with Crippen LogP contribution >= 0.6 is 0 Å². The van der Waals surface area contributed by atoms with Gasteiger partial charge in [-0.25, -0.2) is 4.79 Å². The standard InChI is InChI=1S/C25H22N2O7/c1-17-6-5-9-19(12-17)26(15-18-7-3-2-4-8-18)24(28)16-34-25(29)20-13-22-23(33-11-10-32-22)14-21(20)27(30)31/h2-9,12-14H,10-11,15-16H2,1H3. The molecule has 1 heterocycles. The molecule has 0 spiro atoms. The number of nitro benzene ring substituents is 1. The molecule has 0 fully saturated rings. The number of hydrogen-bond acceptors (Lipinski definition) is 7. The predicted molar refractivity (Wildman–Crippen MR) is 123 cm³/mol. The molecular formula is C25H22N2O7. The summed E-state index contributed by atoms with van der Waals surface area (Å²) < 4.78 is 16.0. The van der Waals surface area contributed by atoms with Crippen LogP contribution in [0.2, 0.25) is 0 Å². The second-order valence-electron chi connectivity index (χ2n) is 7.65. The number of carbonyl (C=O) groups is 2. The van der Waals surface area contributed by atoms with Gasteiger partial charge >= 0.3 is 5.97 Å². The van der Waals surface area contributed by atoms with Crippen LogP contribution in [0.15, 0.2) is 66.7 Å². The summed E-state index contributed by atoms with van der Waals surface area (Å²) in [7, 11) is 0. The lowest BCUT2D eigenvalue weighted by molar-refractivity contribution is -0.385. The average Bonchev–Trinajstić information content (AvgIpc) is 2.85. The van der Waals surface area contributed by atoms with E-state index in [9.17, 15) is 19.7 Å². The van der Waals surface area contributed by atoms with Crippen LogP contribution in [0.4, 0.5) is 11.4 Å². The Morgan fingerprint density at radius 2 is 1.71 bits per heavy atom. The summed E-state index contributed by atoms with van der Waals surface area (Å²) in [6.45, 7) is 2.09. The predicted octanol–water partition coefficient (Wildman–Crippen LogP) is 4.06. The van der Waals surface area contributed by atoms with Crippen molar-refractivity contribution in [3.8, 4) is 11.5 Å². The van der Waals surface area contributed by atoms with Crippen LogP contribution < -0.4 is 14.4 Å². The largest absolute Gasteiger partial charge is 0.486 e. The van der Waals surface area contributed by atoms with E-state index in [4.69, 9.17) is 14.2 Å². The van der Waals surface area contributed by atoms with Gasteiger partial charge < -0.3 is 19.1 Å². The van der Waals surface area contributed by atoms with Gasteiger partial charge in [0.15, 0.2) is 18.1 Å². The van der Waals surface area contributed by atoms with Crippen molar-refractivity contribution >= 4 is 23.3 Å². The van der Waals surface area contributed by atoms with Gasteiger partial charge in [-0.2, -0.15) is 0 Å². The van der Waals surface area contributed by atoms with Crippen molar-refractivity contribution in [1.29, 1.82) is 0 Å². The normalized spacial score (nSPS) is 12.0. The number of ether oxygens (including phenoxy) is 3. The third kappa shape index (κ3) is 5.15. The number of hydrogen-bond donors (Lipinski definition) is 0. The van der Waals surface area contributed by atoms with Crippen LogP contribution in [0.3, 0.4) is 0 Å². The molecule has 0 bridgehead atoms. The van der Waals surface area contributed by atoms with Gasteiger partial charge in [0.25, 0.3) is 11.6 Å². The van der Waals surface area contributed by atoms with Crippen LogP contribution in [0.1, 0.15) is 21.5 Å². The van der Waals surface area contributed by atoms with E-state index in [1.807, 2.05) is 55.5 Å². The summed E-state index contributed by atoms with van der Waals surface area (Å²) in [5.74, 6) is -1.08. The zero-order valence-electron chi connectivity index (χ0n) is 18.4. The Morgan fingerprint density at radius 1 is 1.00 bits per heavy atom. The number of anilines is 1. The molecule has 0 atom stereocenters. The lowest BCUT2D eigenvalue weighted by Gasteiger charge is -2.23. The Hall–Kier alpha value is -4.40. The van der Waals surface area contributed by atoms with Crippen molar-refractivity contribution in [3.05, 3.63) is 93.5 Å². The number of benzene rings is 3. The second-order valence-corrected chi connectivity index (χ2v) is 7.65. The number of fused-ring (bicyclic) bond motifs is 1. The van der Waals surface area contributed by atoms with Crippen LogP contribution in [0, 0.1) is 17.0 Å². The maximum absolute atomic E-state index is 13.1. The summed E-state index contributed by atoms with van der Waals surface area (Å²) in [6, 6.07) is 19.1. The topological polar surface area (TPSA) is 108 Å². The molecule has 0 aromatic heterocycles. The molecule has 9 heteroatoms. The summed E-state index contributed by atoms with van der Waals surface area (Å²) >= 11 is 0. The Balaban J connectivity index is 1.54. The van der Waals surface area contributed by atoms with Crippen molar-refractivity contribution < 1.29 is 28.7 Å². The Kier molecular flexibility index (Phi) is 6.72.